The molecular weight excluding hydrogens is 276 g/mol. The van der Waals surface area contributed by atoms with E-state index in [-0.39, 0.29) is 0 Å². The first kappa shape index (κ1) is 14.8. The van der Waals surface area contributed by atoms with Gasteiger partial charge in [-0.15, -0.1) is 0 Å². The number of hydrogen-bond donors (Lipinski definition) is 1. The number of aromatic nitrogens is 2. The molecule has 0 aromatic carbocycles. The van der Waals surface area contributed by atoms with Gasteiger partial charge in [-0.1, -0.05) is 0 Å². The predicted octanol–water partition coefficient (Wildman–Crippen LogP) is 2.24. The van der Waals surface area contributed by atoms with E-state index in [1.165, 1.54) is 24.1 Å². The first-order valence-corrected chi connectivity index (χ1v) is 7.72. The van der Waals surface area contributed by atoms with Crippen LogP contribution in [-0.4, -0.2) is 36.2 Å². The van der Waals surface area contributed by atoms with Gasteiger partial charge in [-0.05, 0) is 36.6 Å². The zero-order valence-corrected chi connectivity index (χ0v) is 12.9. The van der Waals surface area contributed by atoms with E-state index >= 15 is 0 Å². The van der Waals surface area contributed by atoms with Crippen LogP contribution >= 0.6 is 0 Å². The molecule has 0 aliphatic carbocycles. The molecule has 1 N–H and O–H groups in total. The SMILES string of the molecule is COc1cc(CN[C@H]2CCCN(c3cccnc3)C2)ccn1. The maximum absolute atomic E-state index is 5.17. The van der Waals surface area contributed by atoms with Crippen LogP contribution in [0.15, 0.2) is 42.9 Å². The van der Waals surface area contributed by atoms with Crippen LogP contribution in [0.1, 0.15) is 18.4 Å². The number of pyridine rings is 2. The van der Waals surface area contributed by atoms with Gasteiger partial charge < -0.3 is 15.0 Å². The quantitative estimate of drug-likeness (QED) is 0.917. The minimum atomic E-state index is 0.494. The van der Waals surface area contributed by atoms with Crippen LogP contribution in [-0.2, 0) is 6.54 Å². The van der Waals surface area contributed by atoms with Crippen LogP contribution in [0.5, 0.6) is 5.88 Å². The van der Waals surface area contributed by atoms with Gasteiger partial charge in [0.25, 0.3) is 0 Å². The zero-order valence-electron chi connectivity index (χ0n) is 12.9. The largest absolute Gasteiger partial charge is 0.481 e. The summed E-state index contributed by atoms with van der Waals surface area (Å²) in [5, 5.41) is 3.64. The Labute approximate surface area is 131 Å². The van der Waals surface area contributed by atoms with Crippen molar-refractivity contribution in [2.24, 2.45) is 0 Å². The lowest BCUT2D eigenvalue weighted by Gasteiger charge is -2.34. The molecule has 1 aliphatic rings. The summed E-state index contributed by atoms with van der Waals surface area (Å²) in [4.78, 5) is 10.8. The highest BCUT2D eigenvalue weighted by molar-refractivity contribution is 5.44. The van der Waals surface area contributed by atoms with E-state index in [4.69, 9.17) is 4.74 Å². The molecule has 116 valence electrons. The summed E-state index contributed by atoms with van der Waals surface area (Å²) < 4.78 is 5.17. The normalized spacial score (nSPS) is 18.2. The van der Waals surface area contributed by atoms with Crippen molar-refractivity contribution in [3.05, 3.63) is 48.4 Å². The molecule has 0 radical (unpaired) electrons. The Balaban J connectivity index is 1.56. The number of rotatable bonds is 5. The topological polar surface area (TPSA) is 50.3 Å². The number of ether oxygens (including phenoxy) is 1. The average Bonchev–Trinajstić information content (AvgIpc) is 2.61. The Morgan fingerprint density at radius 3 is 3.14 bits per heavy atom. The van der Waals surface area contributed by atoms with Gasteiger partial charge in [0.1, 0.15) is 0 Å². The van der Waals surface area contributed by atoms with Gasteiger partial charge in [0.2, 0.25) is 5.88 Å². The monoisotopic (exact) mass is 298 g/mol. The Morgan fingerprint density at radius 2 is 2.32 bits per heavy atom. The van der Waals surface area contributed by atoms with Gasteiger partial charge >= 0.3 is 0 Å². The van der Waals surface area contributed by atoms with E-state index in [2.05, 4.69) is 26.3 Å². The summed E-state index contributed by atoms with van der Waals surface area (Å²) in [6.45, 7) is 2.96. The lowest BCUT2D eigenvalue weighted by atomic mass is 10.0. The number of hydrogen-bond acceptors (Lipinski definition) is 5. The van der Waals surface area contributed by atoms with Crippen molar-refractivity contribution in [2.45, 2.75) is 25.4 Å². The molecule has 0 spiro atoms. The molecular formula is C17H22N4O. The fraction of sp³-hybridized carbons (Fsp3) is 0.412. The molecule has 0 amide bonds. The summed E-state index contributed by atoms with van der Waals surface area (Å²) in [6.07, 6.45) is 7.96. The highest BCUT2D eigenvalue weighted by Crippen LogP contribution is 2.19. The molecule has 5 nitrogen and oxygen atoms in total. The van der Waals surface area contributed by atoms with Gasteiger partial charge in [0, 0.05) is 44.1 Å². The molecule has 2 aromatic heterocycles. The Kier molecular flexibility index (Phi) is 4.85. The second-order valence-electron chi connectivity index (χ2n) is 5.58. The third-order valence-corrected chi connectivity index (χ3v) is 4.04. The van der Waals surface area contributed by atoms with Gasteiger partial charge in [0.15, 0.2) is 0 Å². The summed E-state index contributed by atoms with van der Waals surface area (Å²) in [5.74, 6) is 0.667. The number of nitrogens with one attached hydrogen (secondary N) is 1. The minimum Gasteiger partial charge on any atom is -0.481 e. The van der Waals surface area contributed by atoms with E-state index in [1.807, 2.05) is 30.6 Å². The summed E-state index contributed by atoms with van der Waals surface area (Å²) in [6, 6.07) is 8.62. The molecule has 1 saturated heterocycles. The Bertz CT molecular complexity index is 590. The first-order valence-electron chi connectivity index (χ1n) is 7.72. The maximum Gasteiger partial charge on any atom is 0.213 e. The van der Waals surface area contributed by atoms with Crippen molar-refractivity contribution in [3.8, 4) is 5.88 Å². The van der Waals surface area contributed by atoms with Gasteiger partial charge in [-0.2, -0.15) is 0 Å². The third kappa shape index (κ3) is 3.74. The van der Waals surface area contributed by atoms with Crippen LogP contribution in [0.3, 0.4) is 0 Å². The maximum atomic E-state index is 5.17. The number of methoxy groups -OCH3 is 1. The lowest BCUT2D eigenvalue weighted by molar-refractivity contribution is 0.395. The van der Waals surface area contributed by atoms with E-state index < -0.39 is 0 Å². The van der Waals surface area contributed by atoms with Gasteiger partial charge in [0.05, 0.1) is 19.0 Å². The van der Waals surface area contributed by atoms with Crippen molar-refractivity contribution in [3.63, 3.8) is 0 Å². The first-order chi connectivity index (χ1) is 10.8. The average molecular weight is 298 g/mol. The standard InChI is InChI=1S/C17H22N4O/c1-22-17-10-14(6-8-19-17)11-20-15-4-3-9-21(13-15)16-5-2-7-18-12-16/h2,5-8,10,12,15,20H,3-4,9,11,13H2,1H3/t15-/m0/s1. The zero-order chi connectivity index (χ0) is 15.2. The van der Waals surface area contributed by atoms with Gasteiger partial charge in [-0.3, -0.25) is 4.98 Å². The number of nitrogens with zero attached hydrogens (tertiary/aromatic N) is 3. The molecule has 1 aliphatic heterocycles. The van der Waals surface area contributed by atoms with E-state index in [0.29, 0.717) is 11.9 Å². The summed E-state index contributed by atoms with van der Waals surface area (Å²) in [7, 11) is 1.65. The number of piperidine rings is 1. The minimum absolute atomic E-state index is 0.494. The van der Waals surface area contributed by atoms with Crippen LogP contribution in [0.2, 0.25) is 0 Å². The second kappa shape index (κ2) is 7.22. The van der Waals surface area contributed by atoms with E-state index in [1.54, 1.807) is 13.3 Å². The van der Waals surface area contributed by atoms with Crippen LogP contribution in [0, 0.1) is 0 Å². The molecule has 22 heavy (non-hydrogen) atoms. The molecule has 0 unspecified atom stereocenters. The van der Waals surface area contributed by atoms with Crippen molar-refractivity contribution in [1.29, 1.82) is 0 Å². The second-order valence-corrected chi connectivity index (χ2v) is 5.58. The molecule has 1 atom stereocenters. The summed E-state index contributed by atoms with van der Waals surface area (Å²) >= 11 is 0. The smallest absolute Gasteiger partial charge is 0.213 e. The molecule has 3 rings (SSSR count). The van der Waals surface area contributed by atoms with E-state index in [9.17, 15) is 0 Å². The van der Waals surface area contributed by atoms with Crippen LogP contribution in [0.25, 0.3) is 0 Å². The molecule has 3 heterocycles. The molecule has 1 fully saturated rings. The van der Waals surface area contributed by atoms with Gasteiger partial charge in [-0.25, -0.2) is 4.98 Å². The van der Waals surface area contributed by atoms with Crippen molar-refractivity contribution in [2.75, 3.05) is 25.1 Å². The molecule has 0 bridgehead atoms. The van der Waals surface area contributed by atoms with Crippen LogP contribution < -0.4 is 15.0 Å². The number of anilines is 1. The highest BCUT2D eigenvalue weighted by Gasteiger charge is 2.19. The van der Waals surface area contributed by atoms with Crippen LogP contribution in [0.4, 0.5) is 5.69 Å². The highest BCUT2D eigenvalue weighted by atomic mass is 16.5. The summed E-state index contributed by atoms with van der Waals surface area (Å²) in [5.41, 5.74) is 2.41. The Morgan fingerprint density at radius 1 is 1.36 bits per heavy atom. The molecule has 0 saturated carbocycles. The Hall–Kier alpha value is -2.14. The fourth-order valence-corrected chi connectivity index (χ4v) is 2.85. The predicted molar refractivity (Wildman–Crippen MR) is 87.1 cm³/mol. The lowest BCUT2D eigenvalue weighted by Crippen LogP contribution is -2.45. The van der Waals surface area contributed by atoms with Crippen molar-refractivity contribution >= 4 is 5.69 Å². The third-order valence-electron chi connectivity index (χ3n) is 4.04. The van der Waals surface area contributed by atoms with Crippen molar-refractivity contribution in [1.82, 2.24) is 15.3 Å². The molecule has 5 heteroatoms. The molecule has 2 aromatic rings. The van der Waals surface area contributed by atoms with Crippen molar-refractivity contribution < 1.29 is 4.74 Å². The fourth-order valence-electron chi connectivity index (χ4n) is 2.85. The van der Waals surface area contributed by atoms with E-state index in [0.717, 1.165) is 19.6 Å².